The monoisotopic (exact) mass is 508 g/mol. The molecule has 172 valence electrons. The normalized spacial score (nSPS) is 14.6. The van der Waals surface area contributed by atoms with Crippen molar-refractivity contribution in [1.29, 1.82) is 0 Å². The maximum absolute atomic E-state index is 12.9. The first-order valence-corrected chi connectivity index (χ1v) is 12.0. The Morgan fingerprint density at radius 2 is 1.88 bits per heavy atom. The first kappa shape index (κ1) is 24.0. The number of aryl methyl sites for hydroxylation is 2. The molecule has 1 saturated heterocycles. The van der Waals surface area contributed by atoms with Gasteiger partial charge in [-0.15, -0.1) is 0 Å². The van der Waals surface area contributed by atoms with E-state index in [-0.39, 0.29) is 18.4 Å². The van der Waals surface area contributed by atoms with E-state index in [9.17, 15) is 9.59 Å². The topological polar surface area (TPSA) is 58.6 Å². The van der Waals surface area contributed by atoms with Crippen LogP contribution >= 0.6 is 35.6 Å². The molecule has 0 unspecified atom stereocenters. The Labute approximate surface area is 212 Å². The van der Waals surface area contributed by atoms with Gasteiger partial charge in [-0.3, -0.25) is 14.5 Å². The van der Waals surface area contributed by atoms with Gasteiger partial charge in [0.25, 0.3) is 11.8 Å². The first-order chi connectivity index (χ1) is 16.3. The summed E-state index contributed by atoms with van der Waals surface area (Å²) >= 11 is 13.0. The van der Waals surface area contributed by atoms with Crippen molar-refractivity contribution in [2.45, 2.75) is 13.8 Å². The number of nitrogens with zero attached hydrogens (tertiary/aromatic N) is 1. The second-order valence-corrected chi connectivity index (χ2v) is 9.78. The van der Waals surface area contributed by atoms with E-state index in [1.54, 1.807) is 24.3 Å². The number of rotatable bonds is 6. The summed E-state index contributed by atoms with van der Waals surface area (Å²) in [6, 6.07) is 20.2. The molecule has 1 aliphatic heterocycles. The average molecular weight is 509 g/mol. The minimum atomic E-state index is -0.281. The summed E-state index contributed by atoms with van der Waals surface area (Å²) in [5.41, 5.74) is 4.31. The van der Waals surface area contributed by atoms with E-state index in [2.05, 4.69) is 5.32 Å². The predicted molar refractivity (Wildman–Crippen MR) is 144 cm³/mol. The zero-order chi connectivity index (χ0) is 24.2. The fraction of sp³-hybridized carbons (Fsp3) is 0.115. The van der Waals surface area contributed by atoms with Gasteiger partial charge in [0.1, 0.15) is 5.75 Å². The van der Waals surface area contributed by atoms with Crippen molar-refractivity contribution < 1.29 is 14.3 Å². The lowest BCUT2D eigenvalue weighted by Crippen LogP contribution is -2.27. The van der Waals surface area contributed by atoms with Crippen molar-refractivity contribution in [1.82, 2.24) is 0 Å². The molecule has 8 heteroatoms. The van der Waals surface area contributed by atoms with Crippen LogP contribution in [0.5, 0.6) is 5.75 Å². The molecular weight excluding hydrogens is 488 g/mol. The van der Waals surface area contributed by atoms with Crippen LogP contribution in [0.3, 0.4) is 0 Å². The van der Waals surface area contributed by atoms with Crippen LogP contribution in [0.4, 0.5) is 11.4 Å². The number of para-hydroxylation sites is 1. The number of benzene rings is 3. The number of halogens is 1. The molecule has 1 N–H and O–H groups in total. The summed E-state index contributed by atoms with van der Waals surface area (Å²) < 4.78 is 6.08. The second kappa shape index (κ2) is 10.4. The summed E-state index contributed by atoms with van der Waals surface area (Å²) in [5.74, 6) is -0.0798. The summed E-state index contributed by atoms with van der Waals surface area (Å²) in [6.07, 6.45) is 1.74. The molecule has 1 aliphatic rings. The summed E-state index contributed by atoms with van der Waals surface area (Å²) in [6.45, 7) is 3.76. The molecular formula is C26H21ClN2O3S2. The third-order valence-corrected chi connectivity index (χ3v) is 6.67. The number of amides is 2. The third-order valence-electron chi connectivity index (χ3n) is 5.08. The molecule has 34 heavy (non-hydrogen) atoms. The summed E-state index contributed by atoms with van der Waals surface area (Å²) in [4.78, 5) is 27.2. The van der Waals surface area contributed by atoms with Crippen molar-refractivity contribution >= 4 is 69.2 Å². The van der Waals surface area contributed by atoms with E-state index in [4.69, 9.17) is 28.6 Å². The van der Waals surface area contributed by atoms with Gasteiger partial charge in [0, 0.05) is 5.69 Å². The SMILES string of the molecule is Cc1ccc(NC(=O)COc2ccc(/C=C3\SC(=S)N(c4ccccc4)C3=O)cc2Cl)c(C)c1. The van der Waals surface area contributed by atoms with Crippen LogP contribution in [0.25, 0.3) is 6.08 Å². The lowest BCUT2D eigenvalue weighted by atomic mass is 10.1. The molecule has 0 spiro atoms. The Kier molecular flexibility index (Phi) is 7.36. The van der Waals surface area contributed by atoms with Crippen LogP contribution < -0.4 is 15.0 Å². The quantitative estimate of drug-likeness (QED) is 0.309. The Hall–Kier alpha value is -3.13. The number of thiocarbonyl (C=S) groups is 1. The molecule has 2 amide bonds. The lowest BCUT2D eigenvalue weighted by molar-refractivity contribution is -0.118. The predicted octanol–water partition coefficient (Wildman–Crippen LogP) is 6.38. The Balaban J connectivity index is 1.41. The minimum Gasteiger partial charge on any atom is -0.482 e. The molecule has 3 aromatic carbocycles. The van der Waals surface area contributed by atoms with E-state index in [0.29, 0.717) is 20.0 Å². The van der Waals surface area contributed by atoms with Crippen molar-refractivity contribution in [3.05, 3.63) is 93.3 Å². The molecule has 5 nitrogen and oxygen atoms in total. The van der Waals surface area contributed by atoms with Gasteiger partial charge in [0.15, 0.2) is 10.9 Å². The Bertz CT molecular complexity index is 1310. The van der Waals surface area contributed by atoms with E-state index in [1.165, 1.54) is 16.7 Å². The summed E-state index contributed by atoms with van der Waals surface area (Å²) in [7, 11) is 0. The second-order valence-electron chi connectivity index (χ2n) is 7.70. The highest BCUT2D eigenvalue weighted by Crippen LogP contribution is 2.36. The molecule has 0 atom stereocenters. The van der Waals surface area contributed by atoms with Gasteiger partial charge < -0.3 is 10.1 Å². The Morgan fingerprint density at radius 1 is 1.12 bits per heavy atom. The lowest BCUT2D eigenvalue weighted by Gasteiger charge is -2.13. The van der Waals surface area contributed by atoms with Crippen LogP contribution in [0, 0.1) is 13.8 Å². The number of anilines is 2. The molecule has 3 aromatic rings. The average Bonchev–Trinajstić information content (AvgIpc) is 3.08. The van der Waals surface area contributed by atoms with Gasteiger partial charge in [0.05, 0.1) is 15.6 Å². The third kappa shape index (κ3) is 5.50. The highest BCUT2D eigenvalue weighted by molar-refractivity contribution is 8.27. The fourth-order valence-corrected chi connectivity index (χ4v) is 4.97. The number of hydrogen-bond acceptors (Lipinski definition) is 5. The van der Waals surface area contributed by atoms with E-state index >= 15 is 0 Å². The first-order valence-electron chi connectivity index (χ1n) is 10.4. The van der Waals surface area contributed by atoms with Crippen molar-refractivity contribution in [3.8, 4) is 5.75 Å². The molecule has 1 fully saturated rings. The van der Waals surface area contributed by atoms with E-state index in [1.807, 2.05) is 62.4 Å². The maximum Gasteiger partial charge on any atom is 0.270 e. The molecule has 0 aromatic heterocycles. The molecule has 4 rings (SSSR count). The van der Waals surface area contributed by atoms with Crippen LogP contribution in [-0.4, -0.2) is 22.7 Å². The number of nitrogens with one attached hydrogen (secondary N) is 1. The molecule has 0 aliphatic carbocycles. The fourth-order valence-electron chi connectivity index (χ4n) is 3.43. The number of hydrogen-bond donors (Lipinski definition) is 1. The zero-order valence-corrected chi connectivity index (χ0v) is 20.9. The van der Waals surface area contributed by atoms with Crippen LogP contribution in [0.2, 0.25) is 5.02 Å². The summed E-state index contributed by atoms with van der Waals surface area (Å²) in [5, 5.41) is 3.18. The molecule has 1 heterocycles. The highest BCUT2D eigenvalue weighted by atomic mass is 35.5. The number of thioether (sulfide) groups is 1. The smallest absolute Gasteiger partial charge is 0.270 e. The van der Waals surface area contributed by atoms with Crippen molar-refractivity contribution in [2.24, 2.45) is 0 Å². The van der Waals surface area contributed by atoms with Gasteiger partial charge >= 0.3 is 0 Å². The molecule has 0 bridgehead atoms. The minimum absolute atomic E-state index is 0.178. The van der Waals surface area contributed by atoms with E-state index in [0.717, 1.165) is 28.1 Å². The molecule has 0 radical (unpaired) electrons. The Morgan fingerprint density at radius 3 is 2.59 bits per heavy atom. The van der Waals surface area contributed by atoms with E-state index < -0.39 is 0 Å². The van der Waals surface area contributed by atoms with Gasteiger partial charge in [0.2, 0.25) is 0 Å². The maximum atomic E-state index is 12.9. The van der Waals surface area contributed by atoms with Crippen LogP contribution in [0.1, 0.15) is 16.7 Å². The standard InChI is InChI=1S/C26H21ClN2O3S2/c1-16-8-10-21(17(2)12-16)28-24(30)15-32-22-11-9-18(13-20(22)27)14-23-25(31)29(26(33)34-23)19-6-4-3-5-7-19/h3-14H,15H2,1-2H3,(H,28,30)/b23-14-. The van der Waals surface area contributed by atoms with Gasteiger partial charge in [-0.1, -0.05) is 77.5 Å². The number of carbonyl (C=O) groups is 2. The number of ether oxygens (including phenoxy) is 1. The molecule has 0 saturated carbocycles. The van der Waals surface area contributed by atoms with Gasteiger partial charge in [-0.2, -0.15) is 0 Å². The van der Waals surface area contributed by atoms with Gasteiger partial charge in [-0.25, -0.2) is 0 Å². The van der Waals surface area contributed by atoms with Gasteiger partial charge in [-0.05, 0) is 61.4 Å². The van der Waals surface area contributed by atoms with Crippen LogP contribution in [0.15, 0.2) is 71.6 Å². The highest BCUT2D eigenvalue weighted by Gasteiger charge is 2.33. The zero-order valence-electron chi connectivity index (χ0n) is 18.5. The number of carbonyl (C=O) groups excluding carboxylic acids is 2. The van der Waals surface area contributed by atoms with Crippen molar-refractivity contribution in [3.63, 3.8) is 0 Å². The van der Waals surface area contributed by atoms with Crippen LogP contribution in [-0.2, 0) is 9.59 Å². The van der Waals surface area contributed by atoms with Crippen molar-refractivity contribution in [2.75, 3.05) is 16.8 Å². The largest absolute Gasteiger partial charge is 0.482 e.